The summed E-state index contributed by atoms with van der Waals surface area (Å²) in [6, 6.07) is 7.25. The summed E-state index contributed by atoms with van der Waals surface area (Å²) in [4.78, 5) is 24.4. The van der Waals surface area contributed by atoms with E-state index in [2.05, 4.69) is 10.9 Å². The van der Waals surface area contributed by atoms with Gasteiger partial charge in [-0.2, -0.15) is 4.31 Å². The predicted octanol–water partition coefficient (Wildman–Crippen LogP) is 2.51. The van der Waals surface area contributed by atoms with Crippen molar-refractivity contribution in [2.45, 2.75) is 18.7 Å². The average molecular weight is 416 g/mol. The van der Waals surface area contributed by atoms with Crippen LogP contribution < -0.4 is 10.9 Å². The van der Waals surface area contributed by atoms with Crippen molar-refractivity contribution in [1.29, 1.82) is 0 Å². The van der Waals surface area contributed by atoms with Gasteiger partial charge in [0.25, 0.3) is 11.8 Å². The van der Waals surface area contributed by atoms with E-state index >= 15 is 0 Å². The Morgan fingerprint density at radius 3 is 2.35 bits per heavy atom. The van der Waals surface area contributed by atoms with E-state index in [0.29, 0.717) is 4.88 Å². The molecule has 0 saturated heterocycles. The molecule has 1 aromatic heterocycles. The molecule has 2 rings (SSSR count). The summed E-state index contributed by atoms with van der Waals surface area (Å²) in [5.74, 6) is -1.11. The molecule has 0 aliphatic rings. The summed E-state index contributed by atoms with van der Waals surface area (Å²) in [6.07, 6.45) is 0. The number of carbonyl (C=O) groups is 2. The summed E-state index contributed by atoms with van der Waals surface area (Å²) >= 11 is 7.26. The first-order valence-corrected chi connectivity index (χ1v) is 10.4. The zero-order valence-corrected chi connectivity index (χ0v) is 16.5. The zero-order chi connectivity index (χ0) is 19.3. The number of amides is 2. The van der Waals surface area contributed by atoms with Gasteiger partial charge in [-0.25, -0.2) is 8.42 Å². The summed E-state index contributed by atoms with van der Waals surface area (Å²) in [5, 5.41) is 1.76. The minimum atomic E-state index is -3.82. The van der Waals surface area contributed by atoms with E-state index in [1.165, 1.54) is 33.8 Å². The van der Waals surface area contributed by atoms with Crippen LogP contribution in [-0.4, -0.2) is 37.6 Å². The maximum absolute atomic E-state index is 12.7. The van der Waals surface area contributed by atoms with Crippen molar-refractivity contribution in [2.75, 3.05) is 13.1 Å². The minimum Gasteiger partial charge on any atom is -0.267 e. The molecule has 0 fully saturated rings. The maximum Gasteiger partial charge on any atom is 0.279 e. The van der Waals surface area contributed by atoms with Gasteiger partial charge in [0.05, 0.1) is 9.90 Å². The zero-order valence-electron chi connectivity index (χ0n) is 14.2. The highest BCUT2D eigenvalue weighted by molar-refractivity contribution is 7.89. The first-order chi connectivity index (χ1) is 12.3. The van der Waals surface area contributed by atoms with Crippen LogP contribution in [0.2, 0.25) is 5.02 Å². The Labute approximate surface area is 161 Å². The number of nitrogens with one attached hydrogen (secondary N) is 2. The van der Waals surface area contributed by atoms with Crippen LogP contribution in [0.1, 0.15) is 33.9 Å². The van der Waals surface area contributed by atoms with E-state index in [0.717, 1.165) is 0 Å². The van der Waals surface area contributed by atoms with E-state index in [9.17, 15) is 18.0 Å². The lowest BCUT2D eigenvalue weighted by Gasteiger charge is -2.19. The number of hydrogen-bond acceptors (Lipinski definition) is 5. The second-order valence-corrected chi connectivity index (χ2v) is 8.38. The molecule has 0 spiro atoms. The monoisotopic (exact) mass is 415 g/mol. The summed E-state index contributed by atoms with van der Waals surface area (Å²) in [6.45, 7) is 3.99. The molecule has 10 heteroatoms. The Morgan fingerprint density at radius 1 is 1.12 bits per heavy atom. The van der Waals surface area contributed by atoms with Gasteiger partial charge < -0.3 is 0 Å². The van der Waals surface area contributed by atoms with Crippen molar-refractivity contribution >= 4 is 44.8 Å². The lowest BCUT2D eigenvalue weighted by Crippen LogP contribution is -2.41. The molecule has 0 aliphatic heterocycles. The highest BCUT2D eigenvalue weighted by atomic mass is 35.5. The lowest BCUT2D eigenvalue weighted by molar-refractivity contribution is 0.0849. The van der Waals surface area contributed by atoms with Crippen molar-refractivity contribution in [1.82, 2.24) is 15.2 Å². The standard InChI is InChI=1S/C16H18ClN3O4S2/c1-3-20(4-2)26(23,24)14-10-11(7-8-12(14)17)15(21)18-19-16(22)13-6-5-9-25-13/h5-10H,3-4H2,1-2H3,(H,18,21)(H,19,22). The first kappa shape index (κ1) is 20.4. The molecule has 140 valence electrons. The van der Waals surface area contributed by atoms with Crippen LogP contribution in [0.4, 0.5) is 0 Å². The van der Waals surface area contributed by atoms with Crippen LogP contribution in [-0.2, 0) is 10.0 Å². The largest absolute Gasteiger partial charge is 0.279 e. The molecule has 0 saturated carbocycles. The summed E-state index contributed by atoms with van der Waals surface area (Å²) < 4.78 is 26.6. The van der Waals surface area contributed by atoms with Gasteiger partial charge in [-0.1, -0.05) is 31.5 Å². The molecule has 2 amide bonds. The van der Waals surface area contributed by atoms with Crippen LogP contribution in [0.3, 0.4) is 0 Å². The van der Waals surface area contributed by atoms with Crippen LogP contribution in [0, 0.1) is 0 Å². The highest BCUT2D eigenvalue weighted by Gasteiger charge is 2.25. The molecule has 1 aromatic carbocycles. The topological polar surface area (TPSA) is 95.6 Å². The fourth-order valence-electron chi connectivity index (χ4n) is 2.20. The van der Waals surface area contributed by atoms with Gasteiger partial charge in [0.2, 0.25) is 10.0 Å². The van der Waals surface area contributed by atoms with Crippen LogP contribution in [0.5, 0.6) is 0 Å². The van der Waals surface area contributed by atoms with Crippen molar-refractivity contribution in [2.24, 2.45) is 0 Å². The Bertz CT molecular complexity index is 894. The lowest BCUT2D eigenvalue weighted by atomic mass is 10.2. The maximum atomic E-state index is 12.7. The molecule has 0 aliphatic carbocycles. The number of nitrogens with zero attached hydrogens (tertiary/aromatic N) is 1. The number of hydrazine groups is 1. The third kappa shape index (κ3) is 4.42. The van der Waals surface area contributed by atoms with Gasteiger partial charge in [0.15, 0.2) is 0 Å². The van der Waals surface area contributed by atoms with Crippen LogP contribution in [0.25, 0.3) is 0 Å². The molecule has 2 aromatic rings. The summed E-state index contributed by atoms with van der Waals surface area (Å²) in [7, 11) is -3.82. The average Bonchev–Trinajstić information content (AvgIpc) is 3.15. The van der Waals surface area contributed by atoms with E-state index in [1.807, 2.05) is 0 Å². The van der Waals surface area contributed by atoms with Crippen molar-refractivity contribution in [3.8, 4) is 0 Å². The molecular weight excluding hydrogens is 398 g/mol. The van der Waals surface area contributed by atoms with Gasteiger partial charge >= 0.3 is 0 Å². The molecule has 1 heterocycles. The molecule has 0 radical (unpaired) electrons. The van der Waals surface area contributed by atoms with Crippen molar-refractivity contribution < 1.29 is 18.0 Å². The van der Waals surface area contributed by atoms with Gasteiger partial charge in [-0.05, 0) is 29.6 Å². The third-order valence-electron chi connectivity index (χ3n) is 3.55. The fourth-order valence-corrected chi connectivity index (χ4v) is 4.78. The highest BCUT2D eigenvalue weighted by Crippen LogP contribution is 2.25. The molecule has 7 nitrogen and oxygen atoms in total. The predicted molar refractivity (Wildman–Crippen MR) is 101 cm³/mol. The van der Waals surface area contributed by atoms with E-state index < -0.39 is 21.8 Å². The van der Waals surface area contributed by atoms with E-state index in [4.69, 9.17) is 11.6 Å². The number of thiophene rings is 1. The molecular formula is C16H18ClN3O4S2. The van der Waals surface area contributed by atoms with Gasteiger partial charge in [-0.3, -0.25) is 20.4 Å². The fraction of sp³-hybridized carbons (Fsp3) is 0.250. The van der Waals surface area contributed by atoms with Crippen molar-refractivity contribution in [3.05, 3.63) is 51.2 Å². The number of halogens is 1. The Hall–Kier alpha value is -1.94. The Balaban J connectivity index is 2.20. The van der Waals surface area contributed by atoms with Gasteiger partial charge in [0.1, 0.15) is 4.90 Å². The normalized spacial score (nSPS) is 11.4. The number of carbonyl (C=O) groups excluding carboxylic acids is 2. The van der Waals surface area contributed by atoms with Crippen LogP contribution >= 0.6 is 22.9 Å². The first-order valence-electron chi connectivity index (χ1n) is 7.75. The second-order valence-electron chi connectivity index (χ2n) is 5.12. The third-order valence-corrected chi connectivity index (χ3v) is 6.95. The van der Waals surface area contributed by atoms with Gasteiger partial charge in [0, 0.05) is 18.7 Å². The minimum absolute atomic E-state index is 0.0241. The van der Waals surface area contributed by atoms with E-state index in [-0.39, 0.29) is 28.6 Å². The van der Waals surface area contributed by atoms with Gasteiger partial charge in [-0.15, -0.1) is 11.3 Å². The number of sulfonamides is 1. The number of rotatable bonds is 6. The van der Waals surface area contributed by atoms with Crippen LogP contribution in [0.15, 0.2) is 40.6 Å². The molecule has 0 bridgehead atoms. The number of benzene rings is 1. The Morgan fingerprint density at radius 2 is 1.77 bits per heavy atom. The number of hydrogen-bond donors (Lipinski definition) is 2. The SMILES string of the molecule is CCN(CC)S(=O)(=O)c1cc(C(=O)NNC(=O)c2cccs2)ccc1Cl. The second kappa shape index (κ2) is 8.63. The van der Waals surface area contributed by atoms with E-state index in [1.54, 1.807) is 31.4 Å². The Kier molecular flexibility index (Phi) is 6.76. The molecule has 26 heavy (non-hydrogen) atoms. The van der Waals surface area contributed by atoms with Crippen molar-refractivity contribution in [3.63, 3.8) is 0 Å². The smallest absolute Gasteiger partial charge is 0.267 e. The molecule has 0 unspecified atom stereocenters. The molecule has 0 atom stereocenters. The summed E-state index contributed by atoms with van der Waals surface area (Å²) in [5.41, 5.74) is 4.60. The quantitative estimate of drug-likeness (QED) is 0.708. The molecule has 2 N–H and O–H groups in total.